The first-order valence-electron chi connectivity index (χ1n) is 10.0. The van der Waals surface area contributed by atoms with Gasteiger partial charge in [-0.25, -0.2) is 4.98 Å². The quantitative estimate of drug-likeness (QED) is 0.719. The fourth-order valence-electron chi connectivity index (χ4n) is 4.03. The third-order valence-electron chi connectivity index (χ3n) is 5.86. The van der Waals surface area contributed by atoms with Crippen molar-refractivity contribution >= 4 is 16.9 Å². The Kier molecular flexibility index (Phi) is 4.97. The molecule has 3 aromatic rings. The summed E-state index contributed by atoms with van der Waals surface area (Å²) in [5, 5.41) is 3.23. The van der Waals surface area contributed by atoms with Crippen molar-refractivity contribution in [3.05, 3.63) is 59.9 Å². The molecule has 1 aromatic heterocycles. The van der Waals surface area contributed by atoms with Crippen LogP contribution in [0.1, 0.15) is 55.5 Å². The minimum absolute atomic E-state index is 0.0116. The lowest BCUT2D eigenvalue weighted by atomic mass is 9.86. The molecular formula is C23H27N3O. The molecule has 0 spiro atoms. The highest BCUT2D eigenvalue weighted by molar-refractivity contribution is 5.97. The highest BCUT2D eigenvalue weighted by atomic mass is 16.1. The molecule has 1 aliphatic rings. The molecule has 140 valence electrons. The Bertz CT molecular complexity index is 942. The number of amides is 1. The lowest BCUT2D eigenvalue weighted by Gasteiger charge is -2.29. The summed E-state index contributed by atoms with van der Waals surface area (Å²) >= 11 is 0. The average Bonchev–Trinajstić information content (AvgIpc) is 3.13. The van der Waals surface area contributed by atoms with Crippen molar-refractivity contribution in [3.63, 3.8) is 0 Å². The van der Waals surface area contributed by atoms with E-state index in [-0.39, 0.29) is 11.9 Å². The smallest absolute Gasteiger partial charge is 0.251 e. The van der Waals surface area contributed by atoms with Crippen molar-refractivity contribution in [2.45, 2.75) is 52.0 Å². The number of benzene rings is 2. The highest BCUT2D eigenvalue weighted by Gasteiger charge is 2.23. The SMILES string of the molecule is CCc1ccc(-n2cnc3cc(C(=O)N[C@@H]4CCCC[C@@H]4C)ccc32)cc1. The van der Waals surface area contributed by atoms with Crippen molar-refractivity contribution < 1.29 is 4.79 Å². The predicted molar refractivity (Wildman–Crippen MR) is 109 cm³/mol. The first kappa shape index (κ1) is 17.8. The van der Waals surface area contributed by atoms with Crippen LogP contribution in [0.4, 0.5) is 0 Å². The van der Waals surface area contributed by atoms with Gasteiger partial charge < -0.3 is 5.32 Å². The number of fused-ring (bicyclic) bond motifs is 1. The van der Waals surface area contributed by atoms with Crippen molar-refractivity contribution in [1.82, 2.24) is 14.9 Å². The van der Waals surface area contributed by atoms with Gasteiger partial charge in [0.25, 0.3) is 5.91 Å². The van der Waals surface area contributed by atoms with Gasteiger partial charge in [-0.3, -0.25) is 9.36 Å². The van der Waals surface area contributed by atoms with Crippen LogP contribution < -0.4 is 5.32 Å². The van der Waals surface area contributed by atoms with E-state index in [1.54, 1.807) is 0 Å². The highest BCUT2D eigenvalue weighted by Crippen LogP contribution is 2.25. The molecule has 0 unspecified atom stereocenters. The van der Waals surface area contributed by atoms with Crippen LogP contribution in [0.25, 0.3) is 16.7 Å². The van der Waals surface area contributed by atoms with E-state index in [1.165, 1.54) is 24.8 Å². The number of rotatable bonds is 4. The fourth-order valence-corrected chi connectivity index (χ4v) is 4.03. The Morgan fingerprint density at radius 1 is 1.15 bits per heavy atom. The molecule has 2 aromatic carbocycles. The van der Waals surface area contributed by atoms with E-state index in [4.69, 9.17) is 0 Å². The number of nitrogens with one attached hydrogen (secondary N) is 1. The summed E-state index contributed by atoms with van der Waals surface area (Å²) in [7, 11) is 0. The third kappa shape index (κ3) is 3.61. The van der Waals surface area contributed by atoms with E-state index in [0.29, 0.717) is 11.5 Å². The minimum Gasteiger partial charge on any atom is -0.349 e. The summed E-state index contributed by atoms with van der Waals surface area (Å²) in [5.41, 5.74) is 4.95. The third-order valence-corrected chi connectivity index (χ3v) is 5.86. The summed E-state index contributed by atoms with van der Waals surface area (Å²) in [5.74, 6) is 0.564. The molecule has 4 heteroatoms. The number of aromatic nitrogens is 2. The minimum atomic E-state index is 0.0116. The Morgan fingerprint density at radius 3 is 2.67 bits per heavy atom. The van der Waals surface area contributed by atoms with Crippen LogP contribution in [0.3, 0.4) is 0 Å². The second kappa shape index (κ2) is 7.55. The number of nitrogens with zero attached hydrogens (tertiary/aromatic N) is 2. The second-order valence-corrected chi connectivity index (χ2v) is 7.68. The summed E-state index contributed by atoms with van der Waals surface area (Å²) in [4.78, 5) is 17.2. The van der Waals surface area contributed by atoms with E-state index in [2.05, 4.69) is 53.0 Å². The molecule has 0 radical (unpaired) electrons. The van der Waals surface area contributed by atoms with Gasteiger partial charge in [0.2, 0.25) is 0 Å². The Hall–Kier alpha value is -2.62. The van der Waals surface area contributed by atoms with Crippen molar-refractivity contribution in [1.29, 1.82) is 0 Å². The van der Waals surface area contributed by atoms with Gasteiger partial charge >= 0.3 is 0 Å². The number of imidazole rings is 1. The summed E-state index contributed by atoms with van der Waals surface area (Å²) in [6.07, 6.45) is 7.62. The van der Waals surface area contributed by atoms with Crippen LogP contribution >= 0.6 is 0 Å². The van der Waals surface area contributed by atoms with Gasteiger partial charge in [-0.2, -0.15) is 0 Å². The molecule has 1 amide bonds. The number of hydrogen-bond acceptors (Lipinski definition) is 2. The maximum Gasteiger partial charge on any atom is 0.251 e. The molecule has 1 saturated carbocycles. The Morgan fingerprint density at radius 2 is 1.93 bits per heavy atom. The predicted octanol–water partition coefficient (Wildman–Crippen LogP) is 4.90. The van der Waals surface area contributed by atoms with Gasteiger partial charge in [0, 0.05) is 17.3 Å². The van der Waals surface area contributed by atoms with Crippen molar-refractivity contribution in [2.75, 3.05) is 0 Å². The first-order valence-corrected chi connectivity index (χ1v) is 10.0. The van der Waals surface area contributed by atoms with Gasteiger partial charge in [0.15, 0.2) is 0 Å². The summed E-state index contributed by atoms with van der Waals surface area (Å²) < 4.78 is 2.07. The Labute approximate surface area is 160 Å². The first-order chi connectivity index (χ1) is 13.2. The van der Waals surface area contributed by atoms with Gasteiger partial charge in [0.1, 0.15) is 6.33 Å². The molecule has 4 rings (SSSR count). The maximum atomic E-state index is 12.7. The van der Waals surface area contributed by atoms with Crippen LogP contribution in [0.5, 0.6) is 0 Å². The normalized spacial score (nSPS) is 19.9. The second-order valence-electron chi connectivity index (χ2n) is 7.68. The largest absolute Gasteiger partial charge is 0.349 e. The standard InChI is InChI=1S/C23H27N3O/c1-3-17-8-11-19(12-9-17)26-15-24-21-14-18(10-13-22(21)26)23(27)25-20-7-5-4-6-16(20)2/h8-16,20H,3-7H2,1-2H3,(H,25,27)/t16-,20+/m0/s1. The lowest BCUT2D eigenvalue weighted by molar-refractivity contribution is 0.0910. The molecule has 27 heavy (non-hydrogen) atoms. The van der Waals surface area contributed by atoms with Gasteiger partial charge in [-0.1, -0.05) is 38.8 Å². The van der Waals surface area contributed by atoms with Crippen LogP contribution in [0, 0.1) is 5.92 Å². The van der Waals surface area contributed by atoms with Crippen molar-refractivity contribution in [3.8, 4) is 5.69 Å². The summed E-state index contributed by atoms with van der Waals surface area (Å²) in [6.45, 7) is 4.39. The molecule has 4 nitrogen and oxygen atoms in total. The zero-order valence-corrected chi connectivity index (χ0v) is 16.1. The van der Waals surface area contributed by atoms with E-state index >= 15 is 0 Å². The molecule has 2 atom stereocenters. The van der Waals surface area contributed by atoms with E-state index in [0.717, 1.165) is 29.6 Å². The number of carbonyl (C=O) groups excluding carboxylic acids is 1. The Balaban J connectivity index is 1.57. The van der Waals surface area contributed by atoms with Gasteiger partial charge in [0.05, 0.1) is 11.0 Å². The van der Waals surface area contributed by atoms with E-state index in [9.17, 15) is 4.79 Å². The average molecular weight is 361 g/mol. The molecule has 0 aliphatic heterocycles. The molecular weight excluding hydrogens is 334 g/mol. The molecule has 1 aliphatic carbocycles. The van der Waals surface area contributed by atoms with E-state index in [1.807, 2.05) is 24.5 Å². The van der Waals surface area contributed by atoms with Crippen LogP contribution in [0.2, 0.25) is 0 Å². The number of hydrogen-bond donors (Lipinski definition) is 1. The van der Waals surface area contributed by atoms with E-state index < -0.39 is 0 Å². The molecule has 1 fully saturated rings. The fraction of sp³-hybridized carbons (Fsp3) is 0.391. The topological polar surface area (TPSA) is 46.9 Å². The maximum absolute atomic E-state index is 12.7. The molecule has 0 bridgehead atoms. The van der Waals surface area contributed by atoms with Crippen LogP contribution in [-0.2, 0) is 6.42 Å². The monoisotopic (exact) mass is 361 g/mol. The van der Waals surface area contributed by atoms with Gasteiger partial charge in [-0.05, 0) is 61.1 Å². The van der Waals surface area contributed by atoms with Crippen LogP contribution in [-0.4, -0.2) is 21.5 Å². The number of aryl methyl sites for hydroxylation is 1. The van der Waals surface area contributed by atoms with Gasteiger partial charge in [-0.15, -0.1) is 0 Å². The zero-order chi connectivity index (χ0) is 18.8. The summed E-state index contributed by atoms with van der Waals surface area (Å²) in [6, 6.07) is 14.6. The molecule has 1 heterocycles. The van der Waals surface area contributed by atoms with Crippen molar-refractivity contribution in [2.24, 2.45) is 5.92 Å². The zero-order valence-electron chi connectivity index (χ0n) is 16.1. The molecule has 0 saturated heterocycles. The molecule has 1 N–H and O–H groups in total. The van der Waals surface area contributed by atoms with Crippen LogP contribution in [0.15, 0.2) is 48.8 Å². The number of carbonyl (C=O) groups is 1. The lowest BCUT2D eigenvalue weighted by Crippen LogP contribution is -2.41.